The topological polar surface area (TPSA) is 13.1 Å². The molecule has 0 amide bonds. The molecule has 2 heterocycles. The molecule has 0 atom stereocenters. The SMILES string of the molecule is c1ccc2cc(-c3ccc4c(c3)oc3cc5c(cc34)sc3c5c4ccccc4c4c5ccccc5c5ccccc5c34)ccc2c1. The van der Waals surface area contributed by atoms with Crippen LogP contribution in [-0.2, 0) is 0 Å². The zero-order chi connectivity index (χ0) is 29.9. The molecule has 0 radical (unpaired) electrons. The average molecular weight is 601 g/mol. The fraction of sp³-hybridized carbons (Fsp3) is 0. The zero-order valence-electron chi connectivity index (χ0n) is 24.7. The Kier molecular flexibility index (Phi) is 4.78. The highest BCUT2D eigenvalue weighted by atomic mass is 32.1. The molecule has 0 unspecified atom stereocenters. The molecule has 2 heteroatoms. The second-order valence-corrected chi connectivity index (χ2v) is 13.5. The lowest BCUT2D eigenvalue weighted by atomic mass is 9.89. The summed E-state index contributed by atoms with van der Waals surface area (Å²) in [5, 5.41) is 18.0. The molecular weight excluding hydrogens is 577 g/mol. The van der Waals surface area contributed by atoms with Crippen LogP contribution >= 0.6 is 11.3 Å². The molecule has 0 saturated heterocycles. The first-order chi connectivity index (χ1) is 22.8. The molecule has 0 saturated carbocycles. The van der Waals surface area contributed by atoms with Gasteiger partial charge in [0.05, 0.1) is 0 Å². The summed E-state index contributed by atoms with van der Waals surface area (Å²) in [4.78, 5) is 0. The van der Waals surface area contributed by atoms with Crippen LogP contribution in [0.5, 0.6) is 0 Å². The van der Waals surface area contributed by atoms with E-state index in [4.69, 9.17) is 4.42 Å². The van der Waals surface area contributed by atoms with E-state index >= 15 is 0 Å². The highest BCUT2D eigenvalue weighted by Gasteiger charge is 2.20. The third-order valence-electron chi connectivity index (χ3n) is 9.99. The van der Waals surface area contributed by atoms with E-state index in [0.717, 1.165) is 16.6 Å². The third kappa shape index (κ3) is 3.24. The molecule has 2 aromatic heterocycles. The molecule has 0 aliphatic heterocycles. The molecule has 46 heavy (non-hydrogen) atoms. The van der Waals surface area contributed by atoms with Crippen molar-refractivity contribution in [2.75, 3.05) is 0 Å². The van der Waals surface area contributed by atoms with Crippen LogP contribution in [0.4, 0.5) is 0 Å². The molecule has 11 rings (SSSR count). The smallest absolute Gasteiger partial charge is 0.136 e. The fourth-order valence-electron chi connectivity index (χ4n) is 7.93. The van der Waals surface area contributed by atoms with Gasteiger partial charge in [0, 0.05) is 36.3 Å². The van der Waals surface area contributed by atoms with E-state index in [0.29, 0.717) is 0 Å². The van der Waals surface area contributed by atoms with Gasteiger partial charge in [0.1, 0.15) is 11.2 Å². The Morgan fingerprint density at radius 3 is 1.67 bits per heavy atom. The highest BCUT2D eigenvalue weighted by Crippen LogP contribution is 2.50. The number of fused-ring (bicyclic) bond motifs is 17. The van der Waals surface area contributed by atoms with Crippen molar-refractivity contribution in [3.8, 4) is 11.1 Å². The molecule has 0 N–H and O–H groups in total. The predicted octanol–water partition coefficient (Wildman–Crippen LogP) is 13.4. The minimum atomic E-state index is 0.926. The zero-order valence-corrected chi connectivity index (χ0v) is 25.5. The van der Waals surface area contributed by atoms with E-state index in [1.165, 1.54) is 90.5 Å². The summed E-state index contributed by atoms with van der Waals surface area (Å²) >= 11 is 1.92. The first kappa shape index (κ1) is 24.6. The Bertz CT molecular complexity index is 3080. The van der Waals surface area contributed by atoms with Crippen molar-refractivity contribution in [1.82, 2.24) is 0 Å². The van der Waals surface area contributed by atoms with Crippen LogP contribution in [-0.4, -0.2) is 0 Å². The van der Waals surface area contributed by atoms with Gasteiger partial charge in [-0.05, 0) is 89.9 Å². The van der Waals surface area contributed by atoms with Crippen LogP contribution in [0, 0.1) is 0 Å². The number of benzene rings is 9. The van der Waals surface area contributed by atoms with Gasteiger partial charge in [-0.2, -0.15) is 0 Å². The van der Waals surface area contributed by atoms with Gasteiger partial charge in [-0.15, -0.1) is 11.3 Å². The van der Waals surface area contributed by atoms with Gasteiger partial charge < -0.3 is 4.42 Å². The normalized spacial score (nSPS) is 12.3. The molecule has 0 fully saturated rings. The maximum atomic E-state index is 6.66. The molecule has 11 aromatic rings. The first-order valence-corrected chi connectivity index (χ1v) is 16.6. The van der Waals surface area contributed by atoms with Crippen molar-refractivity contribution in [3.63, 3.8) is 0 Å². The lowest BCUT2D eigenvalue weighted by Gasteiger charge is -2.14. The van der Waals surface area contributed by atoms with Gasteiger partial charge in [0.15, 0.2) is 0 Å². The third-order valence-corrected chi connectivity index (χ3v) is 11.2. The number of thiophene rings is 1. The van der Waals surface area contributed by atoms with Crippen molar-refractivity contribution in [2.45, 2.75) is 0 Å². The van der Waals surface area contributed by atoms with Crippen LogP contribution in [0.1, 0.15) is 0 Å². The number of rotatable bonds is 1. The molecule has 212 valence electrons. The van der Waals surface area contributed by atoms with E-state index in [1.54, 1.807) is 0 Å². The van der Waals surface area contributed by atoms with E-state index in [-0.39, 0.29) is 0 Å². The highest BCUT2D eigenvalue weighted by molar-refractivity contribution is 7.27. The molecular formula is C44H24OS. The Morgan fingerprint density at radius 1 is 0.348 bits per heavy atom. The Morgan fingerprint density at radius 2 is 0.913 bits per heavy atom. The maximum absolute atomic E-state index is 6.66. The van der Waals surface area contributed by atoms with Gasteiger partial charge in [-0.25, -0.2) is 0 Å². The van der Waals surface area contributed by atoms with Crippen molar-refractivity contribution >= 4 is 107 Å². The summed E-state index contributed by atoms with van der Waals surface area (Å²) in [6.07, 6.45) is 0. The van der Waals surface area contributed by atoms with Gasteiger partial charge in [-0.3, -0.25) is 0 Å². The quantitative estimate of drug-likeness (QED) is 0.171. The van der Waals surface area contributed by atoms with Crippen molar-refractivity contribution < 1.29 is 4.42 Å². The van der Waals surface area contributed by atoms with E-state index in [1.807, 2.05) is 11.3 Å². The number of hydrogen-bond donors (Lipinski definition) is 0. The van der Waals surface area contributed by atoms with Gasteiger partial charge in [0.25, 0.3) is 0 Å². The average Bonchev–Trinajstić information content (AvgIpc) is 3.67. The number of furan rings is 1. The summed E-state index contributed by atoms with van der Waals surface area (Å²) < 4.78 is 9.30. The molecule has 0 aliphatic rings. The van der Waals surface area contributed by atoms with Crippen LogP contribution in [0.15, 0.2) is 150 Å². The van der Waals surface area contributed by atoms with Gasteiger partial charge >= 0.3 is 0 Å². The second-order valence-electron chi connectivity index (χ2n) is 12.4. The van der Waals surface area contributed by atoms with Crippen LogP contribution in [0.3, 0.4) is 0 Å². The molecule has 0 aliphatic carbocycles. The molecule has 0 spiro atoms. The molecule has 1 nitrogen and oxygen atoms in total. The minimum absolute atomic E-state index is 0.926. The molecule has 9 aromatic carbocycles. The minimum Gasteiger partial charge on any atom is -0.456 e. The van der Waals surface area contributed by atoms with E-state index in [9.17, 15) is 0 Å². The predicted molar refractivity (Wildman–Crippen MR) is 200 cm³/mol. The summed E-state index contributed by atoms with van der Waals surface area (Å²) in [6.45, 7) is 0. The van der Waals surface area contributed by atoms with Gasteiger partial charge in [0.2, 0.25) is 0 Å². The van der Waals surface area contributed by atoms with E-state index < -0.39 is 0 Å². The monoisotopic (exact) mass is 600 g/mol. The summed E-state index contributed by atoms with van der Waals surface area (Å²) in [5.74, 6) is 0. The molecule has 0 bridgehead atoms. The van der Waals surface area contributed by atoms with Crippen LogP contribution < -0.4 is 0 Å². The number of hydrogen-bond acceptors (Lipinski definition) is 2. The summed E-state index contributed by atoms with van der Waals surface area (Å²) in [6, 6.07) is 53.3. The largest absolute Gasteiger partial charge is 0.456 e. The van der Waals surface area contributed by atoms with Crippen molar-refractivity contribution in [2.24, 2.45) is 0 Å². The van der Waals surface area contributed by atoms with Crippen molar-refractivity contribution in [3.05, 3.63) is 146 Å². The van der Waals surface area contributed by atoms with Crippen LogP contribution in [0.25, 0.3) is 107 Å². The second kappa shape index (κ2) is 8.94. The lowest BCUT2D eigenvalue weighted by Crippen LogP contribution is -1.86. The summed E-state index contributed by atoms with van der Waals surface area (Å²) in [5.41, 5.74) is 4.23. The van der Waals surface area contributed by atoms with Gasteiger partial charge in [-0.1, -0.05) is 115 Å². The summed E-state index contributed by atoms with van der Waals surface area (Å²) in [7, 11) is 0. The van der Waals surface area contributed by atoms with Crippen molar-refractivity contribution in [1.29, 1.82) is 0 Å². The lowest BCUT2D eigenvalue weighted by molar-refractivity contribution is 0.669. The Labute approximate surface area is 267 Å². The van der Waals surface area contributed by atoms with E-state index in [2.05, 4.69) is 146 Å². The Hall–Kier alpha value is -5.70. The first-order valence-electron chi connectivity index (χ1n) is 15.8. The van der Waals surface area contributed by atoms with Crippen LogP contribution in [0.2, 0.25) is 0 Å². The standard InChI is InChI=1S/C44H24OS/c1-2-10-26-21-27(18-17-25(26)9-1)28-19-20-31-36-24-40-37(23-39(36)45-38(31)22-28)42-35-16-8-7-15-34(35)41-32-13-5-3-11-29(32)30-12-4-6-14-33(30)43(41)44(42)46-40/h1-24H. The maximum Gasteiger partial charge on any atom is 0.136 e. The fourth-order valence-corrected chi connectivity index (χ4v) is 9.24. The Balaban J connectivity index is 1.23.